The van der Waals surface area contributed by atoms with Crippen molar-refractivity contribution in [2.24, 2.45) is 12.5 Å². The molecule has 1 aliphatic carbocycles. The number of aryl methyl sites for hydroxylation is 1. The molecular weight excluding hydrogens is 170 g/mol. The number of nitrogens with zero attached hydrogens (tertiary/aromatic N) is 3. The van der Waals surface area contributed by atoms with E-state index in [9.17, 15) is 4.79 Å². The van der Waals surface area contributed by atoms with Crippen molar-refractivity contribution in [3.63, 3.8) is 0 Å². The quantitative estimate of drug-likeness (QED) is 0.724. The summed E-state index contributed by atoms with van der Waals surface area (Å²) in [4.78, 5) is 12.3. The van der Waals surface area contributed by atoms with Gasteiger partial charge in [-0.2, -0.15) is 15.0 Å². The molecule has 0 aliphatic heterocycles. The first-order chi connectivity index (χ1) is 6.12. The maximum Gasteiger partial charge on any atom is 0.310 e. The number of aliphatic carboxylic acids is 1. The summed E-state index contributed by atoms with van der Waals surface area (Å²) < 4.78 is 0. The van der Waals surface area contributed by atoms with Crippen molar-refractivity contribution in [1.82, 2.24) is 15.0 Å². The third-order valence-corrected chi connectivity index (χ3v) is 2.47. The standard InChI is InChI=1S/C8H11N3O2/c1-11-9-5-6(10-11)4-8(2-3-8)7(12)13/h5H,2-4H2,1H3,(H,12,13). The molecule has 1 aromatic heterocycles. The molecule has 1 heterocycles. The summed E-state index contributed by atoms with van der Waals surface area (Å²) in [5, 5.41) is 16.9. The van der Waals surface area contributed by atoms with Crippen LogP contribution in [0.4, 0.5) is 0 Å². The highest BCUT2D eigenvalue weighted by Crippen LogP contribution is 2.48. The molecule has 0 saturated heterocycles. The predicted molar refractivity (Wildman–Crippen MR) is 44.0 cm³/mol. The van der Waals surface area contributed by atoms with E-state index in [4.69, 9.17) is 5.11 Å². The van der Waals surface area contributed by atoms with Crippen molar-refractivity contribution >= 4 is 5.97 Å². The van der Waals surface area contributed by atoms with Crippen LogP contribution in [0.5, 0.6) is 0 Å². The van der Waals surface area contributed by atoms with Gasteiger partial charge in [0, 0.05) is 13.5 Å². The van der Waals surface area contributed by atoms with E-state index in [0.29, 0.717) is 6.42 Å². The Morgan fingerprint density at radius 1 is 1.77 bits per heavy atom. The lowest BCUT2D eigenvalue weighted by Crippen LogP contribution is -2.17. The molecule has 5 heteroatoms. The summed E-state index contributed by atoms with van der Waals surface area (Å²) in [5.74, 6) is -0.710. The molecule has 13 heavy (non-hydrogen) atoms. The topological polar surface area (TPSA) is 68.0 Å². The molecule has 1 fully saturated rings. The van der Waals surface area contributed by atoms with Gasteiger partial charge < -0.3 is 5.11 Å². The van der Waals surface area contributed by atoms with Crippen LogP contribution in [0.25, 0.3) is 0 Å². The number of hydrogen-bond acceptors (Lipinski definition) is 3. The van der Waals surface area contributed by atoms with Crippen LogP contribution in [0, 0.1) is 5.41 Å². The van der Waals surface area contributed by atoms with Crippen LogP contribution >= 0.6 is 0 Å². The summed E-state index contributed by atoms with van der Waals surface area (Å²) >= 11 is 0. The lowest BCUT2D eigenvalue weighted by atomic mass is 10.0. The third kappa shape index (κ3) is 1.41. The van der Waals surface area contributed by atoms with E-state index in [2.05, 4.69) is 10.2 Å². The molecule has 5 nitrogen and oxygen atoms in total. The van der Waals surface area contributed by atoms with Gasteiger partial charge in [-0.15, -0.1) is 0 Å². The molecule has 0 bridgehead atoms. The van der Waals surface area contributed by atoms with Gasteiger partial charge in [0.1, 0.15) is 0 Å². The van der Waals surface area contributed by atoms with Crippen molar-refractivity contribution in [2.45, 2.75) is 19.3 Å². The summed E-state index contributed by atoms with van der Waals surface area (Å²) in [6, 6.07) is 0. The van der Waals surface area contributed by atoms with E-state index in [1.54, 1.807) is 13.2 Å². The minimum atomic E-state index is -0.710. The Balaban J connectivity index is 2.10. The molecule has 1 N–H and O–H groups in total. The van der Waals surface area contributed by atoms with Gasteiger partial charge in [0.2, 0.25) is 0 Å². The average Bonchev–Trinajstić information content (AvgIpc) is 2.72. The maximum atomic E-state index is 10.8. The monoisotopic (exact) mass is 181 g/mol. The van der Waals surface area contributed by atoms with Gasteiger partial charge in [0.25, 0.3) is 0 Å². The number of rotatable bonds is 3. The largest absolute Gasteiger partial charge is 0.481 e. The zero-order valence-electron chi connectivity index (χ0n) is 7.40. The van der Waals surface area contributed by atoms with Gasteiger partial charge in [0.05, 0.1) is 17.3 Å². The van der Waals surface area contributed by atoms with Crippen molar-refractivity contribution in [1.29, 1.82) is 0 Å². The van der Waals surface area contributed by atoms with Gasteiger partial charge in [-0.05, 0) is 12.8 Å². The zero-order chi connectivity index (χ0) is 9.47. The van der Waals surface area contributed by atoms with Crippen LogP contribution in [-0.2, 0) is 18.3 Å². The fourth-order valence-electron chi connectivity index (χ4n) is 1.43. The molecule has 0 amide bonds. The van der Waals surface area contributed by atoms with Gasteiger partial charge in [0.15, 0.2) is 0 Å². The first-order valence-electron chi connectivity index (χ1n) is 4.21. The molecule has 1 aromatic rings. The number of hydrogen-bond donors (Lipinski definition) is 1. The first-order valence-corrected chi connectivity index (χ1v) is 4.21. The second-order valence-corrected chi connectivity index (χ2v) is 3.59. The third-order valence-electron chi connectivity index (χ3n) is 2.47. The Bertz CT molecular complexity index is 341. The molecule has 0 atom stereocenters. The Labute approximate surface area is 75.4 Å². The van der Waals surface area contributed by atoms with E-state index in [0.717, 1.165) is 18.5 Å². The lowest BCUT2D eigenvalue weighted by molar-refractivity contribution is -0.143. The van der Waals surface area contributed by atoms with Crippen molar-refractivity contribution in [3.05, 3.63) is 11.9 Å². The number of carboxylic acids is 1. The van der Waals surface area contributed by atoms with Crippen LogP contribution < -0.4 is 0 Å². The normalized spacial score (nSPS) is 18.5. The molecule has 0 unspecified atom stereocenters. The predicted octanol–water partition coefficient (Wildman–Crippen LogP) is 0.222. The highest BCUT2D eigenvalue weighted by atomic mass is 16.4. The molecule has 0 radical (unpaired) electrons. The SMILES string of the molecule is Cn1ncc(CC2(C(=O)O)CC2)n1. The maximum absolute atomic E-state index is 10.8. The van der Waals surface area contributed by atoms with Crippen LogP contribution in [0.2, 0.25) is 0 Å². The van der Waals surface area contributed by atoms with Crippen LogP contribution in [-0.4, -0.2) is 26.1 Å². The highest BCUT2D eigenvalue weighted by Gasteiger charge is 2.50. The van der Waals surface area contributed by atoms with Gasteiger partial charge in [-0.1, -0.05) is 0 Å². The molecule has 1 aliphatic rings. The van der Waals surface area contributed by atoms with Gasteiger partial charge in [-0.25, -0.2) is 0 Å². The Morgan fingerprint density at radius 2 is 2.46 bits per heavy atom. The van der Waals surface area contributed by atoms with Crippen LogP contribution in [0.15, 0.2) is 6.20 Å². The second-order valence-electron chi connectivity index (χ2n) is 3.59. The zero-order valence-corrected chi connectivity index (χ0v) is 7.40. The minimum Gasteiger partial charge on any atom is -0.481 e. The fourth-order valence-corrected chi connectivity index (χ4v) is 1.43. The molecule has 70 valence electrons. The average molecular weight is 181 g/mol. The molecular formula is C8H11N3O2. The summed E-state index contributed by atoms with van der Waals surface area (Å²) in [7, 11) is 1.73. The number of carboxylic acid groups (broad SMARTS) is 1. The van der Waals surface area contributed by atoms with Crippen molar-refractivity contribution in [2.75, 3.05) is 0 Å². The summed E-state index contributed by atoms with van der Waals surface area (Å²) in [6.07, 6.45) is 3.66. The van der Waals surface area contributed by atoms with Gasteiger partial charge in [-0.3, -0.25) is 4.79 Å². The summed E-state index contributed by atoms with van der Waals surface area (Å²) in [6.45, 7) is 0. The summed E-state index contributed by atoms with van der Waals surface area (Å²) in [5.41, 5.74) is 0.234. The smallest absolute Gasteiger partial charge is 0.310 e. The van der Waals surface area contributed by atoms with E-state index in [-0.39, 0.29) is 0 Å². The van der Waals surface area contributed by atoms with E-state index < -0.39 is 11.4 Å². The lowest BCUT2D eigenvalue weighted by Gasteiger charge is -2.05. The fraction of sp³-hybridized carbons (Fsp3) is 0.625. The van der Waals surface area contributed by atoms with Crippen molar-refractivity contribution < 1.29 is 9.90 Å². The Morgan fingerprint density at radius 3 is 2.85 bits per heavy atom. The van der Waals surface area contributed by atoms with E-state index in [1.165, 1.54) is 4.80 Å². The van der Waals surface area contributed by atoms with Gasteiger partial charge >= 0.3 is 5.97 Å². The second kappa shape index (κ2) is 2.55. The van der Waals surface area contributed by atoms with Crippen LogP contribution in [0.3, 0.4) is 0 Å². The first kappa shape index (κ1) is 8.22. The minimum absolute atomic E-state index is 0.510. The Kier molecular flexibility index (Phi) is 1.61. The van der Waals surface area contributed by atoms with E-state index in [1.807, 2.05) is 0 Å². The molecule has 0 spiro atoms. The number of carbonyl (C=O) groups is 1. The molecule has 1 saturated carbocycles. The molecule has 0 aromatic carbocycles. The van der Waals surface area contributed by atoms with Crippen molar-refractivity contribution in [3.8, 4) is 0 Å². The highest BCUT2D eigenvalue weighted by molar-refractivity contribution is 5.78. The molecule has 2 rings (SSSR count). The van der Waals surface area contributed by atoms with Crippen LogP contribution in [0.1, 0.15) is 18.5 Å². The number of aromatic nitrogens is 3. The van der Waals surface area contributed by atoms with E-state index >= 15 is 0 Å². The Hall–Kier alpha value is -1.39.